The van der Waals surface area contributed by atoms with E-state index < -0.39 is 18.4 Å². The monoisotopic (exact) mass is 432 g/mol. The fourth-order valence-corrected chi connectivity index (χ4v) is 3.76. The van der Waals surface area contributed by atoms with Crippen molar-refractivity contribution in [2.24, 2.45) is 0 Å². The summed E-state index contributed by atoms with van der Waals surface area (Å²) < 4.78 is 44.8. The van der Waals surface area contributed by atoms with Crippen molar-refractivity contribution in [1.29, 1.82) is 0 Å². The van der Waals surface area contributed by atoms with Crippen LogP contribution in [0.3, 0.4) is 0 Å². The van der Waals surface area contributed by atoms with E-state index >= 15 is 0 Å². The molecule has 2 aromatic carbocycles. The fraction of sp³-hybridized carbons (Fsp3) is 0.318. The van der Waals surface area contributed by atoms with Crippen LogP contribution in [0.2, 0.25) is 0 Å². The lowest BCUT2D eigenvalue weighted by Crippen LogP contribution is -2.46. The molecule has 1 aromatic heterocycles. The molecule has 0 atom stereocenters. The number of hydrogen-bond acceptors (Lipinski definition) is 4. The van der Waals surface area contributed by atoms with Gasteiger partial charge in [-0.15, -0.1) is 0 Å². The number of nitrogens with zero attached hydrogens (tertiary/aromatic N) is 4. The number of rotatable bonds is 5. The van der Waals surface area contributed by atoms with E-state index in [2.05, 4.69) is 9.80 Å². The van der Waals surface area contributed by atoms with Gasteiger partial charge in [0.25, 0.3) is 0 Å². The summed E-state index contributed by atoms with van der Waals surface area (Å²) in [6.07, 6.45) is -1.92. The number of piperazine rings is 1. The molecule has 1 aliphatic heterocycles. The van der Waals surface area contributed by atoms with Gasteiger partial charge in [0, 0.05) is 49.9 Å². The summed E-state index contributed by atoms with van der Waals surface area (Å²) in [5, 5.41) is 0. The van der Waals surface area contributed by atoms with E-state index in [9.17, 15) is 18.0 Å². The Hall–Kier alpha value is -3.36. The molecule has 0 bridgehead atoms. The van der Waals surface area contributed by atoms with Crippen LogP contribution >= 0.6 is 0 Å². The number of benzene rings is 2. The minimum atomic E-state index is -4.44. The number of ether oxygens (including phenoxy) is 1. The molecule has 3 aromatic rings. The van der Waals surface area contributed by atoms with E-state index in [4.69, 9.17) is 4.74 Å². The Balaban J connectivity index is 1.41. The SMILES string of the molecule is COc1ccc(N2CCN(c3ccc(-n4ccn(CC(F)(F)F)c4=O)cc3)CC2)cc1. The summed E-state index contributed by atoms with van der Waals surface area (Å²) in [5.41, 5.74) is 1.99. The number of alkyl halides is 3. The number of halogens is 3. The molecule has 1 fully saturated rings. The normalized spacial score (nSPS) is 14.7. The van der Waals surface area contributed by atoms with E-state index in [-0.39, 0.29) is 0 Å². The largest absolute Gasteiger partial charge is 0.497 e. The first-order chi connectivity index (χ1) is 14.8. The topological polar surface area (TPSA) is 42.6 Å². The molecule has 6 nitrogen and oxygen atoms in total. The second kappa shape index (κ2) is 8.41. The third-order valence-electron chi connectivity index (χ3n) is 5.41. The maximum Gasteiger partial charge on any atom is 0.406 e. The van der Waals surface area contributed by atoms with Crippen LogP contribution in [0.5, 0.6) is 5.75 Å². The van der Waals surface area contributed by atoms with Crippen molar-refractivity contribution in [1.82, 2.24) is 9.13 Å². The van der Waals surface area contributed by atoms with E-state index in [1.54, 1.807) is 19.2 Å². The van der Waals surface area contributed by atoms with E-state index in [0.717, 1.165) is 49.5 Å². The van der Waals surface area contributed by atoms with Crippen LogP contribution in [-0.4, -0.2) is 48.6 Å². The van der Waals surface area contributed by atoms with Gasteiger partial charge in [-0.05, 0) is 48.5 Å². The van der Waals surface area contributed by atoms with Crippen molar-refractivity contribution in [3.05, 3.63) is 71.4 Å². The summed E-state index contributed by atoms with van der Waals surface area (Å²) in [6.45, 7) is 2.12. The first kappa shape index (κ1) is 20.9. The average Bonchev–Trinajstić information content (AvgIpc) is 3.12. The Morgan fingerprint density at radius 3 is 1.77 bits per heavy atom. The van der Waals surface area contributed by atoms with Crippen molar-refractivity contribution in [3.8, 4) is 11.4 Å². The number of imidazole rings is 1. The van der Waals surface area contributed by atoms with Crippen molar-refractivity contribution >= 4 is 11.4 Å². The predicted octanol–water partition coefficient (Wildman–Crippen LogP) is 3.54. The van der Waals surface area contributed by atoms with Gasteiger partial charge in [-0.3, -0.25) is 9.13 Å². The van der Waals surface area contributed by atoms with Gasteiger partial charge >= 0.3 is 11.9 Å². The van der Waals surface area contributed by atoms with Gasteiger partial charge in [-0.25, -0.2) is 4.79 Å². The zero-order valence-corrected chi connectivity index (χ0v) is 17.0. The average molecular weight is 432 g/mol. The highest BCUT2D eigenvalue weighted by molar-refractivity contribution is 5.54. The molecule has 0 saturated carbocycles. The van der Waals surface area contributed by atoms with Crippen molar-refractivity contribution in [2.45, 2.75) is 12.7 Å². The number of anilines is 2. The Labute approximate surface area is 177 Å². The van der Waals surface area contributed by atoms with Crippen LogP contribution in [0.4, 0.5) is 24.5 Å². The summed E-state index contributed by atoms with van der Waals surface area (Å²) in [4.78, 5) is 16.8. The maximum atomic E-state index is 12.6. The molecular weight excluding hydrogens is 409 g/mol. The molecule has 0 spiro atoms. The van der Waals surface area contributed by atoms with Crippen LogP contribution in [0, 0.1) is 0 Å². The highest BCUT2D eigenvalue weighted by Crippen LogP contribution is 2.23. The van der Waals surface area contributed by atoms with Crippen LogP contribution in [0.15, 0.2) is 65.7 Å². The van der Waals surface area contributed by atoms with Crippen molar-refractivity contribution < 1.29 is 17.9 Å². The molecule has 9 heteroatoms. The highest BCUT2D eigenvalue weighted by Gasteiger charge is 2.29. The molecule has 31 heavy (non-hydrogen) atoms. The molecule has 0 radical (unpaired) electrons. The Bertz CT molecular complexity index is 1060. The summed E-state index contributed by atoms with van der Waals surface area (Å²) in [6, 6.07) is 15.3. The van der Waals surface area contributed by atoms with Crippen LogP contribution in [-0.2, 0) is 6.54 Å². The van der Waals surface area contributed by atoms with Crippen LogP contribution in [0.25, 0.3) is 5.69 Å². The molecule has 2 heterocycles. The smallest absolute Gasteiger partial charge is 0.406 e. The van der Waals surface area contributed by atoms with Gasteiger partial charge in [0.15, 0.2) is 0 Å². The Morgan fingerprint density at radius 1 is 0.806 bits per heavy atom. The third kappa shape index (κ3) is 4.70. The summed E-state index contributed by atoms with van der Waals surface area (Å²) in [7, 11) is 1.65. The van der Waals surface area contributed by atoms with Crippen LogP contribution < -0.4 is 20.2 Å². The zero-order valence-electron chi connectivity index (χ0n) is 17.0. The molecular formula is C22H23F3N4O2. The molecule has 1 saturated heterocycles. The molecule has 1 aliphatic rings. The van der Waals surface area contributed by atoms with Gasteiger partial charge < -0.3 is 14.5 Å². The minimum Gasteiger partial charge on any atom is -0.497 e. The maximum absolute atomic E-state index is 12.6. The predicted molar refractivity (Wildman–Crippen MR) is 114 cm³/mol. The molecule has 4 rings (SSSR count). The molecule has 164 valence electrons. The minimum absolute atomic E-state index is 0.534. The van der Waals surface area contributed by atoms with Gasteiger partial charge in [-0.1, -0.05) is 0 Å². The standard InChI is InChI=1S/C22H23F3N4O2/c1-31-20-8-6-18(7-9-20)27-12-10-26(11-13-27)17-2-4-19(5-3-17)29-15-14-28(21(29)30)16-22(23,24)25/h2-9,14-15H,10-13,16H2,1H3. The number of methoxy groups -OCH3 is 1. The lowest BCUT2D eigenvalue weighted by atomic mass is 10.2. The molecule has 0 amide bonds. The molecule has 0 unspecified atom stereocenters. The van der Waals surface area contributed by atoms with Crippen LogP contribution in [0.1, 0.15) is 0 Å². The second-order valence-electron chi connectivity index (χ2n) is 7.38. The quantitative estimate of drug-likeness (QED) is 0.619. The number of aromatic nitrogens is 2. The van der Waals surface area contributed by atoms with E-state index in [1.807, 2.05) is 36.4 Å². The van der Waals surface area contributed by atoms with Gasteiger partial charge in [-0.2, -0.15) is 13.2 Å². The Kier molecular flexibility index (Phi) is 5.67. The first-order valence-corrected chi connectivity index (χ1v) is 9.93. The highest BCUT2D eigenvalue weighted by atomic mass is 19.4. The summed E-state index contributed by atoms with van der Waals surface area (Å²) in [5.74, 6) is 0.829. The van der Waals surface area contributed by atoms with E-state index in [0.29, 0.717) is 10.3 Å². The third-order valence-corrected chi connectivity index (χ3v) is 5.41. The van der Waals surface area contributed by atoms with Crippen molar-refractivity contribution in [2.75, 3.05) is 43.1 Å². The number of hydrogen-bond donors (Lipinski definition) is 0. The lowest BCUT2D eigenvalue weighted by molar-refractivity contribution is -0.141. The molecule has 0 aliphatic carbocycles. The van der Waals surface area contributed by atoms with Crippen molar-refractivity contribution in [3.63, 3.8) is 0 Å². The lowest BCUT2D eigenvalue weighted by Gasteiger charge is -2.37. The van der Waals surface area contributed by atoms with Gasteiger partial charge in [0.05, 0.1) is 12.8 Å². The second-order valence-corrected chi connectivity index (χ2v) is 7.38. The van der Waals surface area contributed by atoms with Gasteiger partial charge in [0.2, 0.25) is 0 Å². The fourth-order valence-electron chi connectivity index (χ4n) is 3.76. The molecule has 0 N–H and O–H groups in total. The Morgan fingerprint density at radius 2 is 1.29 bits per heavy atom. The van der Waals surface area contributed by atoms with E-state index in [1.165, 1.54) is 10.8 Å². The first-order valence-electron chi connectivity index (χ1n) is 9.93. The zero-order chi connectivity index (χ0) is 22.0. The van der Waals surface area contributed by atoms with Gasteiger partial charge in [0.1, 0.15) is 12.3 Å². The summed E-state index contributed by atoms with van der Waals surface area (Å²) >= 11 is 0.